The molecule has 2 aliphatic heterocycles. The van der Waals surface area contributed by atoms with Gasteiger partial charge in [-0.2, -0.15) is 26.3 Å². The number of carbonyl (C=O) groups excluding carboxylic acids is 2. The van der Waals surface area contributed by atoms with E-state index >= 15 is 0 Å². The summed E-state index contributed by atoms with van der Waals surface area (Å²) in [5.41, 5.74) is -2.15. The van der Waals surface area contributed by atoms with Gasteiger partial charge in [-0.15, -0.1) is 0 Å². The molecular weight excluding hydrogens is 546 g/mol. The van der Waals surface area contributed by atoms with Gasteiger partial charge in [0.05, 0.1) is 16.0 Å². The highest BCUT2D eigenvalue weighted by molar-refractivity contribution is 8.18. The first-order valence-corrected chi connectivity index (χ1v) is 12.8. The number of nitrogens with one attached hydrogen (secondary N) is 2. The quantitative estimate of drug-likeness (QED) is 0.216. The zero-order valence-corrected chi connectivity index (χ0v) is 21.3. The standard InChI is InChI=1S/C26H24F6N4O2S/c27-25(28,29)19-5-4-17(20(13-19)26(30,31)32)15-34-21-6-3-16(11-18(21)14-33)12-22-23(37)36(24(38)39-22)10-9-35-7-1-2-8-35/h3-6,11-14,33-34H,1-2,7-10,15H2/b22-12-,33-14?. The fourth-order valence-corrected chi connectivity index (χ4v) is 5.27. The molecule has 6 nitrogen and oxygen atoms in total. The minimum absolute atomic E-state index is 0.0792. The Hall–Kier alpha value is -3.32. The lowest BCUT2D eigenvalue weighted by Crippen LogP contribution is -2.36. The largest absolute Gasteiger partial charge is 0.416 e. The number of benzene rings is 2. The Bertz CT molecular complexity index is 1300. The molecule has 208 valence electrons. The number of hydrogen-bond acceptors (Lipinski definition) is 6. The molecular formula is C26H24F6N4O2S. The van der Waals surface area contributed by atoms with E-state index in [4.69, 9.17) is 5.41 Å². The molecule has 0 aromatic heterocycles. The highest BCUT2D eigenvalue weighted by Gasteiger charge is 2.38. The molecule has 0 aliphatic carbocycles. The van der Waals surface area contributed by atoms with E-state index in [0.29, 0.717) is 24.7 Å². The van der Waals surface area contributed by atoms with Gasteiger partial charge in [0.15, 0.2) is 0 Å². The van der Waals surface area contributed by atoms with Gasteiger partial charge < -0.3 is 15.6 Å². The molecule has 2 aromatic carbocycles. The zero-order valence-electron chi connectivity index (χ0n) is 20.5. The number of hydrogen-bond donors (Lipinski definition) is 2. The number of alkyl halides is 6. The Morgan fingerprint density at radius 3 is 2.31 bits per heavy atom. The molecule has 2 N–H and O–H groups in total. The normalized spacial score (nSPS) is 17.9. The Kier molecular flexibility index (Phi) is 8.40. The van der Waals surface area contributed by atoms with Crippen LogP contribution >= 0.6 is 11.8 Å². The lowest BCUT2D eigenvalue weighted by molar-refractivity contribution is -0.143. The SMILES string of the molecule is N=Cc1cc(/C=C2\SC(=O)N(CCN3CCCC3)C2=O)ccc1NCc1ccc(C(F)(F)F)cc1C(F)(F)F. The molecule has 0 bridgehead atoms. The lowest BCUT2D eigenvalue weighted by Gasteiger charge is -2.18. The predicted molar refractivity (Wildman–Crippen MR) is 136 cm³/mol. The average molecular weight is 571 g/mol. The van der Waals surface area contributed by atoms with E-state index in [1.165, 1.54) is 23.1 Å². The first-order valence-electron chi connectivity index (χ1n) is 12.0. The third-order valence-corrected chi connectivity index (χ3v) is 7.36. The molecule has 0 spiro atoms. The van der Waals surface area contributed by atoms with Crippen LogP contribution in [0, 0.1) is 5.41 Å². The van der Waals surface area contributed by atoms with Crippen molar-refractivity contribution in [2.75, 3.05) is 31.5 Å². The maximum Gasteiger partial charge on any atom is 0.416 e. The maximum absolute atomic E-state index is 13.5. The molecule has 2 saturated heterocycles. The summed E-state index contributed by atoms with van der Waals surface area (Å²) in [5, 5.41) is 10.1. The van der Waals surface area contributed by atoms with Crippen molar-refractivity contribution in [1.82, 2.24) is 9.80 Å². The van der Waals surface area contributed by atoms with Crippen LogP contribution in [-0.2, 0) is 23.7 Å². The Morgan fingerprint density at radius 1 is 0.949 bits per heavy atom. The van der Waals surface area contributed by atoms with E-state index < -0.39 is 41.5 Å². The van der Waals surface area contributed by atoms with Crippen LogP contribution in [0.4, 0.5) is 36.8 Å². The van der Waals surface area contributed by atoms with Gasteiger partial charge in [-0.3, -0.25) is 14.5 Å². The summed E-state index contributed by atoms with van der Waals surface area (Å²) in [7, 11) is 0. The van der Waals surface area contributed by atoms with Crippen LogP contribution in [0.1, 0.15) is 40.7 Å². The van der Waals surface area contributed by atoms with Gasteiger partial charge in [0.2, 0.25) is 0 Å². The molecule has 39 heavy (non-hydrogen) atoms. The maximum atomic E-state index is 13.5. The molecule has 2 aromatic rings. The minimum Gasteiger partial charge on any atom is -0.380 e. The van der Waals surface area contributed by atoms with E-state index in [9.17, 15) is 35.9 Å². The molecule has 0 radical (unpaired) electrons. The van der Waals surface area contributed by atoms with Crippen molar-refractivity contribution in [3.63, 3.8) is 0 Å². The van der Waals surface area contributed by atoms with Crippen molar-refractivity contribution in [2.24, 2.45) is 0 Å². The summed E-state index contributed by atoms with van der Waals surface area (Å²) in [6.45, 7) is 2.34. The van der Waals surface area contributed by atoms with Crippen molar-refractivity contribution >= 4 is 40.9 Å². The van der Waals surface area contributed by atoms with Crippen LogP contribution in [0.15, 0.2) is 41.3 Å². The van der Waals surface area contributed by atoms with E-state index in [1.54, 1.807) is 6.07 Å². The second-order valence-corrected chi connectivity index (χ2v) is 10.1. The molecule has 2 heterocycles. The summed E-state index contributed by atoms with van der Waals surface area (Å²) in [6, 6.07) is 6.01. The predicted octanol–water partition coefficient (Wildman–Crippen LogP) is 6.47. The Labute approximate surface area is 224 Å². The number of thioether (sulfide) groups is 1. The number of carbonyl (C=O) groups is 2. The first-order chi connectivity index (χ1) is 18.4. The summed E-state index contributed by atoms with van der Waals surface area (Å²) in [4.78, 5) is 28.8. The smallest absolute Gasteiger partial charge is 0.380 e. The monoisotopic (exact) mass is 570 g/mol. The molecule has 0 atom stereocenters. The minimum atomic E-state index is -5.00. The van der Waals surface area contributed by atoms with Crippen molar-refractivity contribution in [3.8, 4) is 0 Å². The second-order valence-electron chi connectivity index (χ2n) is 9.09. The molecule has 2 amide bonds. The Balaban J connectivity index is 1.48. The van der Waals surface area contributed by atoms with Gasteiger partial charge in [0, 0.05) is 37.1 Å². The number of likely N-dealkylation sites (tertiary alicyclic amines) is 1. The van der Waals surface area contributed by atoms with Crippen LogP contribution in [0.25, 0.3) is 6.08 Å². The lowest BCUT2D eigenvalue weighted by atomic mass is 10.0. The molecule has 2 fully saturated rings. The van der Waals surface area contributed by atoms with Crippen molar-refractivity contribution in [1.29, 1.82) is 5.41 Å². The van der Waals surface area contributed by atoms with Gasteiger partial charge in [0.1, 0.15) is 0 Å². The molecule has 0 saturated carbocycles. The third kappa shape index (κ3) is 6.82. The highest BCUT2D eigenvalue weighted by atomic mass is 32.2. The van der Waals surface area contributed by atoms with Gasteiger partial charge in [0.25, 0.3) is 11.1 Å². The summed E-state index contributed by atoms with van der Waals surface area (Å²) < 4.78 is 79.1. The van der Waals surface area contributed by atoms with Gasteiger partial charge in [-0.05, 0) is 79.2 Å². The third-order valence-electron chi connectivity index (χ3n) is 6.45. The topological polar surface area (TPSA) is 76.5 Å². The van der Waals surface area contributed by atoms with E-state index in [1.807, 2.05) is 0 Å². The van der Waals surface area contributed by atoms with Crippen LogP contribution in [0.5, 0.6) is 0 Å². The van der Waals surface area contributed by atoms with Crippen molar-refractivity contribution in [2.45, 2.75) is 31.7 Å². The zero-order chi connectivity index (χ0) is 28.4. The number of anilines is 1. The molecule has 0 unspecified atom stereocenters. The number of amides is 2. The Morgan fingerprint density at radius 2 is 1.67 bits per heavy atom. The first kappa shape index (κ1) is 28.7. The van der Waals surface area contributed by atoms with Crippen LogP contribution < -0.4 is 5.32 Å². The number of rotatable bonds is 8. The molecule has 2 aliphatic rings. The van der Waals surface area contributed by atoms with Gasteiger partial charge in [-0.25, -0.2) is 0 Å². The molecule has 13 heteroatoms. The van der Waals surface area contributed by atoms with Crippen molar-refractivity contribution in [3.05, 3.63) is 69.1 Å². The summed E-state index contributed by atoms with van der Waals surface area (Å²) >= 11 is 0.812. The van der Waals surface area contributed by atoms with Gasteiger partial charge >= 0.3 is 12.4 Å². The van der Waals surface area contributed by atoms with Crippen LogP contribution in [0.2, 0.25) is 0 Å². The summed E-state index contributed by atoms with van der Waals surface area (Å²) in [6.07, 6.45) is -5.26. The van der Waals surface area contributed by atoms with Gasteiger partial charge in [-0.1, -0.05) is 12.1 Å². The average Bonchev–Trinajstić information content (AvgIpc) is 3.48. The highest BCUT2D eigenvalue weighted by Crippen LogP contribution is 2.38. The van der Waals surface area contributed by atoms with Crippen LogP contribution in [-0.4, -0.2) is 53.3 Å². The fourth-order valence-electron chi connectivity index (χ4n) is 4.40. The number of imide groups is 1. The summed E-state index contributed by atoms with van der Waals surface area (Å²) in [5.74, 6) is -0.412. The van der Waals surface area contributed by atoms with Crippen molar-refractivity contribution < 1.29 is 35.9 Å². The van der Waals surface area contributed by atoms with E-state index in [0.717, 1.165) is 50.0 Å². The second kappa shape index (κ2) is 11.4. The molecule has 4 rings (SSSR count). The number of halogens is 6. The van der Waals surface area contributed by atoms with E-state index in [2.05, 4.69) is 10.2 Å². The van der Waals surface area contributed by atoms with Crippen LogP contribution in [0.3, 0.4) is 0 Å². The number of nitrogens with zero attached hydrogens (tertiary/aromatic N) is 2. The fraction of sp³-hybridized carbons (Fsp3) is 0.346. The van der Waals surface area contributed by atoms with E-state index in [-0.39, 0.29) is 27.5 Å².